The van der Waals surface area contributed by atoms with E-state index in [1.165, 1.54) is 23.1 Å². The topological polar surface area (TPSA) is 96.0 Å². The molecule has 41 heavy (non-hydrogen) atoms. The molecule has 0 aromatic heterocycles. The smallest absolute Gasteiger partial charge is 0.264 e. The number of hydrogen-bond acceptors (Lipinski definition) is 5. The van der Waals surface area contributed by atoms with Gasteiger partial charge in [0.15, 0.2) is 0 Å². The molecule has 0 unspecified atom stereocenters. The van der Waals surface area contributed by atoms with Gasteiger partial charge in [-0.15, -0.1) is 0 Å². The van der Waals surface area contributed by atoms with Gasteiger partial charge in [0, 0.05) is 17.6 Å². The van der Waals surface area contributed by atoms with Gasteiger partial charge in [0.2, 0.25) is 11.8 Å². The van der Waals surface area contributed by atoms with E-state index in [1.807, 2.05) is 19.1 Å². The number of nitrogens with zero attached hydrogens (tertiary/aromatic N) is 2. The largest absolute Gasteiger partial charge is 0.497 e. The summed E-state index contributed by atoms with van der Waals surface area (Å²) in [6.45, 7) is 3.12. The number of nitrogens with one attached hydrogen (secondary N) is 1. The minimum Gasteiger partial charge on any atom is -0.497 e. The third-order valence-electron chi connectivity index (χ3n) is 7.36. The molecule has 2 amide bonds. The predicted molar refractivity (Wildman–Crippen MR) is 161 cm³/mol. The fraction of sp³-hybridized carbons (Fsp3) is 0.355. The molecule has 0 bridgehead atoms. The van der Waals surface area contributed by atoms with E-state index < -0.39 is 28.5 Å². The second-order valence-electron chi connectivity index (χ2n) is 10.3. The lowest BCUT2D eigenvalue weighted by atomic mass is 10.1. The van der Waals surface area contributed by atoms with Crippen LogP contribution in [0.2, 0.25) is 5.02 Å². The number of methoxy groups -OCH3 is 1. The standard InChI is InChI=1S/C31H36ClN3O5S/c1-22-11-17-29(18-12-22)41(38,39)35(27-10-6-7-25(32)19-27)21-30(36)34(20-24-13-15-28(40-3)16-14-24)23(2)31(37)33-26-8-4-5-9-26/h6-7,10-19,23,26H,4-5,8-9,20-21H2,1-3H3,(H,33,37)/t23-/m1/s1. The fourth-order valence-electron chi connectivity index (χ4n) is 4.90. The number of ether oxygens (including phenoxy) is 1. The van der Waals surface area contributed by atoms with E-state index in [9.17, 15) is 18.0 Å². The molecule has 1 saturated carbocycles. The first-order chi connectivity index (χ1) is 19.6. The van der Waals surface area contributed by atoms with Crippen molar-refractivity contribution in [1.29, 1.82) is 0 Å². The third kappa shape index (κ3) is 7.59. The highest BCUT2D eigenvalue weighted by Crippen LogP contribution is 2.27. The van der Waals surface area contributed by atoms with Gasteiger partial charge in [0.25, 0.3) is 10.0 Å². The number of amides is 2. The van der Waals surface area contributed by atoms with Crippen molar-refractivity contribution in [3.63, 3.8) is 0 Å². The van der Waals surface area contributed by atoms with Gasteiger partial charge in [0.1, 0.15) is 18.3 Å². The van der Waals surface area contributed by atoms with Gasteiger partial charge in [-0.2, -0.15) is 0 Å². The number of hydrogen-bond donors (Lipinski definition) is 1. The van der Waals surface area contributed by atoms with Crippen LogP contribution >= 0.6 is 11.6 Å². The number of sulfonamides is 1. The number of benzene rings is 3. The molecule has 8 nitrogen and oxygen atoms in total. The molecule has 218 valence electrons. The molecule has 4 rings (SSSR count). The number of anilines is 1. The molecule has 3 aromatic rings. The normalized spacial score (nSPS) is 14.3. The molecule has 0 aliphatic heterocycles. The number of halogens is 1. The Balaban J connectivity index is 1.68. The highest BCUT2D eigenvalue weighted by molar-refractivity contribution is 7.92. The first-order valence-electron chi connectivity index (χ1n) is 13.7. The van der Waals surface area contributed by atoms with Crippen LogP contribution in [-0.2, 0) is 26.2 Å². The summed E-state index contributed by atoms with van der Waals surface area (Å²) in [5, 5.41) is 3.40. The zero-order valence-electron chi connectivity index (χ0n) is 23.5. The van der Waals surface area contributed by atoms with Crippen molar-refractivity contribution in [1.82, 2.24) is 10.2 Å². The molecular weight excluding hydrogens is 562 g/mol. The van der Waals surface area contributed by atoms with Gasteiger partial charge in [-0.05, 0) is 74.7 Å². The Hall–Kier alpha value is -3.56. The third-order valence-corrected chi connectivity index (χ3v) is 9.39. The van der Waals surface area contributed by atoms with Crippen LogP contribution in [0.4, 0.5) is 5.69 Å². The van der Waals surface area contributed by atoms with Crippen molar-refractivity contribution < 1.29 is 22.7 Å². The summed E-state index contributed by atoms with van der Waals surface area (Å²) in [6, 6.07) is 19.2. The summed E-state index contributed by atoms with van der Waals surface area (Å²) in [5.41, 5.74) is 1.93. The summed E-state index contributed by atoms with van der Waals surface area (Å²) >= 11 is 6.23. The van der Waals surface area contributed by atoms with Crippen molar-refractivity contribution in [2.45, 2.75) is 63.1 Å². The first kappa shape index (κ1) is 30.4. The molecule has 10 heteroatoms. The van der Waals surface area contributed by atoms with E-state index >= 15 is 0 Å². The van der Waals surface area contributed by atoms with E-state index in [4.69, 9.17) is 16.3 Å². The Bertz CT molecular complexity index is 1460. The second-order valence-corrected chi connectivity index (χ2v) is 12.6. The van der Waals surface area contributed by atoms with Crippen LogP contribution < -0.4 is 14.4 Å². The summed E-state index contributed by atoms with van der Waals surface area (Å²) in [4.78, 5) is 28.8. The van der Waals surface area contributed by atoms with Crippen LogP contribution in [0.1, 0.15) is 43.7 Å². The Morgan fingerprint density at radius 1 is 1.02 bits per heavy atom. The summed E-state index contributed by atoms with van der Waals surface area (Å²) in [7, 11) is -2.58. The van der Waals surface area contributed by atoms with Crippen molar-refractivity contribution >= 4 is 39.1 Å². The SMILES string of the molecule is COc1ccc(CN(C(=O)CN(c2cccc(Cl)c2)S(=O)(=O)c2ccc(C)cc2)[C@H](C)C(=O)NC2CCCC2)cc1. The van der Waals surface area contributed by atoms with E-state index in [-0.39, 0.29) is 29.1 Å². The monoisotopic (exact) mass is 597 g/mol. The molecule has 0 saturated heterocycles. The van der Waals surface area contributed by atoms with Crippen molar-refractivity contribution in [3.05, 3.63) is 88.9 Å². The van der Waals surface area contributed by atoms with Crippen LogP contribution in [0, 0.1) is 6.92 Å². The Kier molecular flexibility index (Phi) is 9.94. The highest BCUT2D eigenvalue weighted by atomic mass is 35.5. The Labute approximate surface area is 247 Å². The van der Waals surface area contributed by atoms with E-state index in [0.29, 0.717) is 10.8 Å². The summed E-state index contributed by atoms with van der Waals surface area (Å²) < 4.78 is 34.1. The lowest BCUT2D eigenvalue weighted by Gasteiger charge is -2.32. The predicted octanol–water partition coefficient (Wildman–Crippen LogP) is 5.33. The summed E-state index contributed by atoms with van der Waals surface area (Å²) in [5.74, 6) is -0.130. The molecule has 1 atom stereocenters. The number of carbonyl (C=O) groups is 2. The maximum atomic E-state index is 14.0. The maximum absolute atomic E-state index is 14.0. The van der Waals surface area contributed by atoms with Gasteiger partial charge in [-0.25, -0.2) is 8.42 Å². The van der Waals surface area contributed by atoms with E-state index in [0.717, 1.165) is 41.1 Å². The highest BCUT2D eigenvalue weighted by Gasteiger charge is 2.33. The first-order valence-corrected chi connectivity index (χ1v) is 15.5. The second kappa shape index (κ2) is 13.4. The van der Waals surface area contributed by atoms with E-state index in [1.54, 1.807) is 56.5 Å². The van der Waals surface area contributed by atoms with Gasteiger partial charge in [0.05, 0.1) is 17.7 Å². The molecular formula is C31H36ClN3O5S. The zero-order valence-corrected chi connectivity index (χ0v) is 25.1. The van der Waals surface area contributed by atoms with Gasteiger partial charge in [-0.1, -0.05) is 60.3 Å². The molecule has 0 spiro atoms. The number of aryl methyl sites for hydroxylation is 1. The molecule has 1 aliphatic rings. The molecule has 1 fully saturated rings. The Morgan fingerprint density at radius 2 is 1.68 bits per heavy atom. The van der Waals surface area contributed by atoms with E-state index in [2.05, 4.69) is 5.32 Å². The minimum absolute atomic E-state index is 0.0459. The molecule has 0 heterocycles. The fourth-order valence-corrected chi connectivity index (χ4v) is 6.49. The van der Waals surface area contributed by atoms with Gasteiger partial charge in [-0.3, -0.25) is 13.9 Å². The summed E-state index contributed by atoms with van der Waals surface area (Å²) in [6.07, 6.45) is 3.92. The van der Waals surface area contributed by atoms with Crippen LogP contribution in [0.15, 0.2) is 77.7 Å². The van der Waals surface area contributed by atoms with Crippen molar-refractivity contribution in [2.75, 3.05) is 18.0 Å². The lowest BCUT2D eigenvalue weighted by molar-refractivity contribution is -0.139. The van der Waals surface area contributed by atoms with Crippen molar-refractivity contribution in [2.24, 2.45) is 0 Å². The Morgan fingerprint density at radius 3 is 2.29 bits per heavy atom. The average Bonchev–Trinajstić information content (AvgIpc) is 3.47. The molecule has 1 aliphatic carbocycles. The van der Waals surface area contributed by atoms with Crippen LogP contribution in [0.5, 0.6) is 5.75 Å². The maximum Gasteiger partial charge on any atom is 0.264 e. The zero-order chi connectivity index (χ0) is 29.6. The van der Waals surface area contributed by atoms with Crippen LogP contribution in [0.25, 0.3) is 0 Å². The van der Waals surface area contributed by atoms with Gasteiger partial charge >= 0.3 is 0 Å². The van der Waals surface area contributed by atoms with Crippen molar-refractivity contribution in [3.8, 4) is 5.75 Å². The molecule has 0 radical (unpaired) electrons. The minimum atomic E-state index is -4.15. The van der Waals surface area contributed by atoms with Crippen LogP contribution in [-0.4, -0.2) is 50.9 Å². The number of carbonyl (C=O) groups excluding carboxylic acids is 2. The van der Waals surface area contributed by atoms with Crippen LogP contribution in [0.3, 0.4) is 0 Å². The lowest BCUT2D eigenvalue weighted by Crippen LogP contribution is -2.52. The molecule has 1 N–H and O–H groups in total. The number of rotatable bonds is 11. The quantitative estimate of drug-likeness (QED) is 0.322. The molecule has 3 aromatic carbocycles. The van der Waals surface area contributed by atoms with Gasteiger partial charge < -0.3 is 15.0 Å². The average molecular weight is 598 g/mol.